The van der Waals surface area contributed by atoms with Gasteiger partial charge in [-0.15, -0.1) is 0 Å². The molecular weight excluding hydrogens is 298 g/mol. The van der Waals surface area contributed by atoms with Crippen molar-refractivity contribution in [2.75, 3.05) is 18.5 Å². The van der Waals surface area contributed by atoms with Gasteiger partial charge in [0.25, 0.3) is 0 Å². The summed E-state index contributed by atoms with van der Waals surface area (Å²) in [7, 11) is 0. The van der Waals surface area contributed by atoms with Crippen molar-refractivity contribution in [1.82, 2.24) is 9.97 Å². The van der Waals surface area contributed by atoms with Crippen molar-refractivity contribution in [3.63, 3.8) is 0 Å². The molecule has 118 valence electrons. The van der Waals surface area contributed by atoms with Gasteiger partial charge in [-0.25, -0.2) is 9.97 Å². The molecule has 0 aliphatic rings. The first-order chi connectivity index (χ1) is 10.4. The molecular formula is C17H22ClN3O. The summed E-state index contributed by atoms with van der Waals surface area (Å²) < 4.78 is 5.91. The van der Waals surface area contributed by atoms with Crippen LogP contribution in [-0.4, -0.2) is 23.1 Å². The van der Waals surface area contributed by atoms with Crippen molar-refractivity contribution in [3.05, 3.63) is 46.9 Å². The molecule has 0 fully saturated rings. The third-order valence-corrected chi connectivity index (χ3v) is 3.76. The summed E-state index contributed by atoms with van der Waals surface area (Å²) in [5.41, 5.74) is 2.01. The highest BCUT2D eigenvalue weighted by Gasteiger charge is 2.18. The van der Waals surface area contributed by atoms with Gasteiger partial charge < -0.3 is 10.1 Å². The largest absolute Gasteiger partial charge is 0.491 e. The summed E-state index contributed by atoms with van der Waals surface area (Å²) in [5.74, 6) is 1.56. The minimum Gasteiger partial charge on any atom is -0.491 e. The topological polar surface area (TPSA) is 47.0 Å². The van der Waals surface area contributed by atoms with Crippen molar-refractivity contribution in [1.29, 1.82) is 0 Å². The number of anilines is 1. The van der Waals surface area contributed by atoms with Crippen LogP contribution < -0.4 is 10.1 Å². The first kappa shape index (κ1) is 16.6. The molecule has 4 nitrogen and oxygen atoms in total. The van der Waals surface area contributed by atoms with Crippen LogP contribution in [0.1, 0.15) is 32.0 Å². The van der Waals surface area contributed by atoms with E-state index in [0.717, 1.165) is 11.4 Å². The molecule has 5 heteroatoms. The zero-order valence-corrected chi connectivity index (χ0v) is 14.2. The Morgan fingerprint density at radius 1 is 1.18 bits per heavy atom. The predicted octanol–water partition coefficient (Wildman–Crippen LogP) is 4.23. The van der Waals surface area contributed by atoms with E-state index in [9.17, 15) is 0 Å². The fourth-order valence-electron chi connectivity index (χ4n) is 2.12. The molecule has 0 radical (unpaired) electrons. The Bertz CT molecular complexity index is 638. The van der Waals surface area contributed by atoms with Crippen LogP contribution in [-0.2, 0) is 5.41 Å². The van der Waals surface area contributed by atoms with Gasteiger partial charge in [-0.2, -0.15) is 0 Å². The maximum Gasteiger partial charge on any atom is 0.148 e. The fraction of sp³-hybridized carbons (Fsp3) is 0.412. The number of aromatic nitrogens is 2. The quantitative estimate of drug-likeness (QED) is 0.838. The number of nitrogens with zero attached hydrogens (tertiary/aromatic N) is 2. The molecule has 22 heavy (non-hydrogen) atoms. The zero-order chi connectivity index (χ0) is 16.2. The van der Waals surface area contributed by atoms with Gasteiger partial charge in [-0.3, -0.25) is 0 Å². The van der Waals surface area contributed by atoms with Crippen LogP contribution in [0, 0.1) is 6.92 Å². The minimum absolute atomic E-state index is 0.0527. The summed E-state index contributed by atoms with van der Waals surface area (Å²) in [6.45, 7) is 9.54. The zero-order valence-electron chi connectivity index (χ0n) is 13.5. The van der Waals surface area contributed by atoms with Crippen LogP contribution in [0.2, 0.25) is 5.02 Å². The molecule has 0 unspecified atom stereocenters. The van der Waals surface area contributed by atoms with Crippen molar-refractivity contribution in [3.8, 4) is 5.75 Å². The molecule has 1 aromatic carbocycles. The average molecular weight is 320 g/mol. The van der Waals surface area contributed by atoms with Gasteiger partial charge >= 0.3 is 0 Å². The van der Waals surface area contributed by atoms with Crippen LogP contribution in [0.25, 0.3) is 0 Å². The smallest absolute Gasteiger partial charge is 0.148 e. The van der Waals surface area contributed by atoms with Crippen molar-refractivity contribution in [2.45, 2.75) is 33.1 Å². The average Bonchev–Trinajstić information content (AvgIpc) is 2.47. The number of para-hydroxylation sites is 1. The Morgan fingerprint density at radius 3 is 2.64 bits per heavy atom. The van der Waals surface area contributed by atoms with Gasteiger partial charge in [-0.05, 0) is 24.0 Å². The van der Waals surface area contributed by atoms with Crippen molar-refractivity contribution < 1.29 is 4.74 Å². The van der Waals surface area contributed by atoms with E-state index < -0.39 is 0 Å². The monoisotopic (exact) mass is 319 g/mol. The molecule has 2 aromatic rings. The summed E-state index contributed by atoms with van der Waals surface area (Å²) in [5, 5.41) is 3.73. The Balaban J connectivity index is 1.94. The maximum atomic E-state index is 6.15. The lowest BCUT2D eigenvalue weighted by Crippen LogP contribution is -2.17. The summed E-state index contributed by atoms with van der Waals surface area (Å²) in [4.78, 5) is 8.17. The van der Waals surface area contributed by atoms with E-state index in [1.807, 2.05) is 25.1 Å². The van der Waals surface area contributed by atoms with E-state index in [1.54, 1.807) is 0 Å². The molecule has 1 aromatic heterocycles. The van der Waals surface area contributed by atoms with E-state index in [4.69, 9.17) is 16.3 Å². The standard InChI is InChI=1S/C17H22ClN3O/c1-12-15(18)16(21-11-20-12)19-9-10-22-14-8-6-5-7-13(14)17(2,3)4/h5-8,11H,9-10H2,1-4H3,(H,19,20,21). The number of benzene rings is 1. The van der Waals surface area contributed by atoms with Crippen LogP contribution in [0.4, 0.5) is 5.82 Å². The number of aryl methyl sites for hydroxylation is 1. The molecule has 0 atom stereocenters. The maximum absolute atomic E-state index is 6.15. The van der Waals surface area contributed by atoms with Crippen molar-refractivity contribution >= 4 is 17.4 Å². The van der Waals surface area contributed by atoms with Crippen LogP contribution in [0.5, 0.6) is 5.75 Å². The predicted molar refractivity (Wildman–Crippen MR) is 90.9 cm³/mol. The molecule has 0 saturated heterocycles. The summed E-state index contributed by atoms with van der Waals surface area (Å²) >= 11 is 6.15. The van der Waals surface area contributed by atoms with E-state index >= 15 is 0 Å². The molecule has 0 aliphatic heterocycles. The Hall–Kier alpha value is -1.81. The molecule has 1 heterocycles. The van der Waals surface area contributed by atoms with E-state index in [1.165, 1.54) is 11.9 Å². The van der Waals surface area contributed by atoms with Crippen LogP contribution in [0.3, 0.4) is 0 Å². The number of nitrogens with one attached hydrogen (secondary N) is 1. The number of hydrogen-bond donors (Lipinski definition) is 1. The number of ether oxygens (including phenoxy) is 1. The molecule has 1 N–H and O–H groups in total. The molecule has 0 amide bonds. The fourth-order valence-corrected chi connectivity index (χ4v) is 2.29. The highest BCUT2D eigenvalue weighted by molar-refractivity contribution is 6.33. The van der Waals surface area contributed by atoms with Crippen molar-refractivity contribution in [2.24, 2.45) is 0 Å². The second kappa shape index (κ2) is 6.97. The third kappa shape index (κ3) is 4.10. The van der Waals surface area contributed by atoms with Gasteiger partial charge in [0.1, 0.15) is 29.5 Å². The lowest BCUT2D eigenvalue weighted by Gasteiger charge is -2.22. The van der Waals surface area contributed by atoms with Crippen LogP contribution >= 0.6 is 11.6 Å². The number of rotatable bonds is 5. The minimum atomic E-state index is 0.0527. The highest BCUT2D eigenvalue weighted by Crippen LogP contribution is 2.30. The Kier molecular flexibility index (Phi) is 5.24. The third-order valence-electron chi connectivity index (χ3n) is 3.31. The number of halogens is 1. The molecule has 2 rings (SSSR count). The Labute approximate surface area is 136 Å². The molecule has 0 saturated carbocycles. The Morgan fingerprint density at radius 2 is 1.91 bits per heavy atom. The molecule has 0 aliphatic carbocycles. The van der Waals surface area contributed by atoms with E-state index in [-0.39, 0.29) is 5.41 Å². The van der Waals surface area contributed by atoms with Crippen LogP contribution in [0.15, 0.2) is 30.6 Å². The van der Waals surface area contributed by atoms with E-state index in [2.05, 4.69) is 42.1 Å². The van der Waals surface area contributed by atoms with E-state index in [0.29, 0.717) is 24.0 Å². The van der Waals surface area contributed by atoms with Gasteiger partial charge in [0.15, 0.2) is 0 Å². The van der Waals surface area contributed by atoms with Gasteiger partial charge in [0, 0.05) is 0 Å². The normalized spacial score (nSPS) is 11.3. The second-order valence-electron chi connectivity index (χ2n) is 6.14. The lowest BCUT2D eigenvalue weighted by molar-refractivity contribution is 0.323. The lowest BCUT2D eigenvalue weighted by atomic mass is 9.86. The molecule has 0 bridgehead atoms. The first-order valence-electron chi connectivity index (χ1n) is 7.33. The SMILES string of the molecule is Cc1ncnc(NCCOc2ccccc2C(C)(C)C)c1Cl. The van der Waals surface area contributed by atoms with Gasteiger partial charge in [0.2, 0.25) is 0 Å². The van der Waals surface area contributed by atoms with Gasteiger partial charge in [-0.1, -0.05) is 50.6 Å². The second-order valence-corrected chi connectivity index (χ2v) is 6.52. The highest BCUT2D eigenvalue weighted by atomic mass is 35.5. The molecule has 0 spiro atoms. The van der Waals surface area contributed by atoms with Gasteiger partial charge in [0.05, 0.1) is 12.2 Å². The summed E-state index contributed by atoms with van der Waals surface area (Å²) in [6.07, 6.45) is 1.50. The first-order valence-corrected chi connectivity index (χ1v) is 7.70. The summed E-state index contributed by atoms with van der Waals surface area (Å²) in [6, 6.07) is 8.13. The number of hydrogen-bond acceptors (Lipinski definition) is 4.